The van der Waals surface area contributed by atoms with Gasteiger partial charge in [0.1, 0.15) is 4.90 Å². The molecular formula is C13H12N2O4S2. The summed E-state index contributed by atoms with van der Waals surface area (Å²) in [6.45, 7) is 0. The van der Waals surface area contributed by atoms with Crippen molar-refractivity contribution >= 4 is 30.8 Å². The van der Waals surface area contributed by atoms with Gasteiger partial charge in [0, 0.05) is 17.0 Å². The minimum atomic E-state index is -3.85. The molecular weight excluding hydrogens is 312 g/mol. The fourth-order valence-corrected chi connectivity index (χ4v) is 4.92. The van der Waals surface area contributed by atoms with E-state index >= 15 is 0 Å². The van der Waals surface area contributed by atoms with Gasteiger partial charge in [0.2, 0.25) is 10.0 Å². The zero-order chi connectivity index (χ0) is 15.1. The number of pyridine rings is 1. The molecule has 1 aromatic heterocycles. The number of sulfonamides is 1. The van der Waals surface area contributed by atoms with Gasteiger partial charge in [-0.1, -0.05) is 24.3 Å². The van der Waals surface area contributed by atoms with Gasteiger partial charge in [-0.25, -0.2) is 21.6 Å². The molecule has 1 N–H and O–H groups in total. The summed E-state index contributed by atoms with van der Waals surface area (Å²) in [5.74, 6) is -0.259. The van der Waals surface area contributed by atoms with Gasteiger partial charge in [-0.05, 0) is 12.1 Å². The summed E-state index contributed by atoms with van der Waals surface area (Å²) < 4.78 is 49.9. The van der Waals surface area contributed by atoms with Crippen molar-refractivity contribution < 1.29 is 16.8 Å². The van der Waals surface area contributed by atoms with E-state index in [9.17, 15) is 16.8 Å². The van der Waals surface area contributed by atoms with Crippen LogP contribution in [0.25, 0.3) is 10.9 Å². The Kier molecular flexibility index (Phi) is 3.31. The minimum Gasteiger partial charge on any atom is -0.255 e. The third-order valence-corrected chi connectivity index (χ3v) is 6.04. The molecule has 0 amide bonds. The average Bonchev–Trinajstić information content (AvgIpc) is 2.76. The molecule has 6 nitrogen and oxygen atoms in total. The van der Waals surface area contributed by atoms with Crippen molar-refractivity contribution in [1.29, 1.82) is 0 Å². The van der Waals surface area contributed by atoms with E-state index in [1.807, 2.05) is 0 Å². The van der Waals surface area contributed by atoms with Gasteiger partial charge >= 0.3 is 0 Å². The summed E-state index contributed by atoms with van der Waals surface area (Å²) in [6.07, 6.45) is 2.85. The Hall–Kier alpha value is -1.77. The second kappa shape index (κ2) is 4.90. The summed E-state index contributed by atoms with van der Waals surface area (Å²) in [4.78, 5) is 4.14. The lowest BCUT2D eigenvalue weighted by atomic mass is 10.2. The molecule has 2 aromatic rings. The number of hydrogen-bond donors (Lipinski definition) is 1. The van der Waals surface area contributed by atoms with Crippen LogP contribution in [0.3, 0.4) is 0 Å². The Bertz CT molecular complexity index is 928. The maximum absolute atomic E-state index is 12.4. The Labute approximate surface area is 122 Å². The maximum Gasteiger partial charge on any atom is 0.243 e. The van der Waals surface area contributed by atoms with E-state index in [1.165, 1.54) is 18.3 Å². The normalized spacial score (nSPS) is 20.9. The lowest BCUT2D eigenvalue weighted by Gasteiger charge is -2.12. The lowest BCUT2D eigenvalue weighted by Crippen LogP contribution is -2.35. The molecule has 0 bridgehead atoms. The number of fused-ring (bicyclic) bond motifs is 1. The molecule has 2 heterocycles. The smallest absolute Gasteiger partial charge is 0.243 e. The highest BCUT2D eigenvalue weighted by Gasteiger charge is 2.27. The zero-order valence-electron chi connectivity index (χ0n) is 10.8. The Morgan fingerprint density at radius 2 is 1.95 bits per heavy atom. The van der Waals surface area contributed by atoms with E-state index in [4.69, 9.17) is 0 Å². The van der Waals surface area contributed by atoms with Crippen molar-refractivity contribution in [2.75, 3.05) is 5.75 Å². The monoisotopic (exact) mass is 324 g/mol. The van der Waals surface area contributed by atoms with Crippen LogP contribution >= 0.6 is 0 Å². The van der Waals surface area contributed by atoms with E-state index in [0.29, 0.717) is 10.9 Å². The van der Waals surface area contributed by atoms with Crippen LogP contribution in [0.4, 0.5) is 0 Å². The SMILES string of the molecule is O=S1(=O)C=C[C@@H](NS(=O)(=O)c2cccc3cccnc23)C1. The Balaban J connectivity index is 2.00. The largest absolute Gasteiger partial charge is 0.255 e. The molecule has 1 aliphatic heterocycles. The molecule has 21 heavy (non-hydrogen) atoms. The van der Waals surface area contributed by atoms with Gasteiger partial charge in [0.25, 0.3) is 0 Å². The second-order valence-electron chi connectivity index (χ2n) is 4.72. The molecule has 0 spiro atoms. The van der Waals surface area contributed by atoms with Crippen LogP contribution < -0.4 is 4.72 Å². The highest BCUT2D eigenvalue weighted by molar-refractivity contribution is 7.94. The predicted octanol–water partition coefficient (Wildman–Crippen LogP) is 0.824. The van der Waals surface area contributed by atoms with Crippen molar-refractivity contribution in [2.24, 2.45) is 0 Å². The van der Waals surface area contributed by atoms with E-state index in [0.717, 1.165) is 5.41 Å². The molecule has 8 heteroatoms. The topological polar surface area (TPSA) is 93.2 Å². The summed E-state index contributed by atoms with van der Waals surface area (Å²) >= 11 is 0. The molecule has 1 aliphatic rings. The number of benzene rings is 1. The highest BCUT2D eigenvalue weighted by atomic mass is 32.2. The fraction of sp³-hybridized carbons (Fsp3) is 0.154. The van der Waals surface area contributed by atoms with Crippen LogP contribution in [0.15, 0.2) is 52.9 Å². The third kappa shape index (κ3) is 2.82. The lowest BCUT2D eigenvalue weighted by molar-refractivity contribution is 0.575. The first-order valence-corrected chi connectivity index (χ1v) is 9.34. The van der Waals surface area contributed by atoms with Crippen molar-refractivity contribution in [2.45, 2.75) is 10.9 Å². The fourth-order valence-electron chi connectivity index (χ4n) is 2.21. The summed E-state index contributed by atoms with van der Waals surface area (Å²) in [6, 6.07) is 7.57. The molecule has 1 aromatic carbocycles. The summed E-state index contributed by atoms with van der Waals surface area (Å²) in [7, 11) is -7.16. The van der Waals surface area contributed by atoms with Crippen molar-refractivity contribution in [3.8, 4) is 0 Å². The first-order valence-electron chi connectivity index (χ1n) is 6.14. The van der Waals surface area contributed by atoms with Crippen molar-refractivity contribution in [3.05, 3.63) is 48.0 Å². The number of rotatable bonds is 3. The first kappa shape index (κ1) is 14.2. The van der Waals surface area contributed by atoms with E-state index in [-0.39, 0.29) is 10.6 Å². The van der Waals surface area contributed by atoms with Gasteiger partial charge < -0.3 is 0 Å². The van der Waals surface area contributed by atoms with E-state index < -0.39 is 25.9 Å². The van der Waals surface area contributed by atoms with Crippen LogP contribution in [-0.2, 0) is 19.9 Å². The summed E-state index contributed by atoms with van der Waals surface area (Å²) in [5, 5.41) is 1.73. The first-order chi connectivity index (χ1) is 9.87. The molecule has 0 saturated heterocycles. The minimum absolute atomic E-state index is 0.0401. The highest BCUT2D eigenvalue weighted by Crippen LogP contribution is 2.21. The van der Waals surface area contributed by atoms with Crippen LogP contribution in [-0.4, -0.2) is 33.6 Å². The van der Waals surface area contributed by atoms with Crippen LogP contribution in [0, 0.1) is 0 Å². The van der Waals surface area contributed by atoms with Gasteiger partial charge in [-0.3, -0.25) is 4.98 Å². The average molecular weight is 324 g/mol. The molecule has 0 unspecified atom stereocenters. The number of aromatic nitrogens is 1. The number of nitrogens with one attached hydrogen (secondary N) is 1. The van der Waals surface area contributed by atoms with Gasteiger partial charge in [-0.15, -0.1) is 0 Å². The molecule has 0 fully saturated rings. The molecule has 0 aliphatic carbocycles. The third-order valence-electron chi connectivity index (χ3n) is 3.12. The Morgan fingerprint density at radius 1 is 1.19 bits per heavy atom. The number of nitrogens with zero attached hydrogens (tertiary/aromatic N) is 1. The quantitative estimate of drug-likeness (QED) is 0.902. The summed E-state index contributed by atoms with van der Waals surface area (Å²) in [5.41, 5.74) is 0.359. The van der Waals surface area contributed by atoms with E-state index in [1.54, 1.807) is 24.3 Å². The van der Waals surface area contributed by atoms with Gasteiger partial charge in [-0.2, -0.15) is 0 Å². The van der Waals surface area contributed by atoms with Crippen molar-refractivity contribution in [3.63, 3.8) is 0 Å². The van der Waals surface area contributed by atoms with E-state index in [2.05, 4.69) is 9.71 Å². The van der Waals surface area contributed by atoms with Crippen molar-refractivity contribution in [1.82, 2.24) is 9.71 Å². The van der Waals surface area contributed by atoms with Gasteiger partial charge in [0.15, 0.2) is 9.84 Å². The number of hydrogen-bond acceptors (Lipinski definition) is 5. The molecule has 1 atom stereocenters. The molecule has 110 valence electrons. The van der Waals surface area contributed by atoms with Gasteiger partial charge in [0.05, 0.1) is 17.3 Å². The predicted molar refractivity (Wildman–Crippen MR) is 78.8 cm³/mol. The molecule has 0 saturated carbocycles. The Morgan fingerprint density at radius 3 is 2.67 bits per heavy atom. The number of para-hydroxylation sites is 1. The number of sulfone groups is 1. The maximum atomic E-state index is 12.4. The zero-order valence-corrected chi connectivity index (χ0v) is 12.4. The standard InChI is InChI=1S/C13H12N2O4S2/c16-20(17)8-6-11(9-20)15-21(18,19)12-5-1-3-10-4-2-7-14-13(10)12/h1-8,11,15H,9H2/t11-/m1/s1. The molecule has 0 radical (unpaired) electrons. The van der Waals surface area contributed by atoms with Crippen LogP contribution in [0.5, 0.6) is 0 Å². The second-order valence-corrected chi connectivity index (χ2v) is 8.33. The molecule has 3 rings (SSSR count). The van der Waals surface area contributed by atoms with Crippen LogP contribution in [0.2, 0.25) is 0 Å². The van der Waals surface area contributed by atoms with Crippen LogP contribution in [0.1, 0.15) is 0 Å².